The molecule has 0 bridgehead atoms. The maximum Gasteiger partial charge on any atom is 0.396 e. The molecular weight excluding hydrogens is 248 g/mol. The summed E-state index contributed by atoms with van der Waals surface area (Å²) < 4.78 is 35.5. The molecule has 5 nitrogen and oxygen atoms in total. The summed E-state index contributed by atoms with van der Waals surface area (Å²) >= 11 is 0. The first-order chi connectivity index (χ1) is 8.49. The van der Waals surface area contributed by atoms with Gasteiger partial charge in [0.1, 0.15) is 5.82 Å². The molecule has 0 saturated carbocycles. The van der Waals surface area contributed by atoms with Crippen molar-refractivity contribution in [3.05, 3.63) is 29.3 Å². The van der Waals surface area contributed by atoms with E-state index in [0.29, 0.717) is 0 Å². The zero-order valence-electron chi connectivity index (χ0n) is 9.75. The van der Waals surface area contributed by atoms with Gasteiger partial charge in [0.05, 0.1) is 14.2 Å². The van der Waals surface area contributed by atoms with Crippen LogP contribution in [0.2, 0.25) is 0 Å². The van der Waals surface area contributed by atoms with Crippen molar-refractivity contribution in [1.29, 1.82) is 0 Å². The maximum absolute atomic E-state index is 13.4. The lowest BCUT2D eigenvalue weighted by atomic mass is 10.2. The molecule has 0 spiro atoms. The van der Waals surface area contributed by atoms with Crippen LogP contribution in [0.4, 0.5) is 8.78 Å². The average Bonchev–Trinajstić information content (AvgIpc) is 2.37. The summed E-state index contributed by atoms with van der Waals surface area (Å²) in [5.41, 5.74) is -0.106. The van der Waals surface area contributed by atoms with Gasteiger partial charge in [-0.15, -0.1) is 0 Å². The number of carbonyl (C=O) groups is 2. The minimum atomic E-state index is -1.11. The van der Waals surface area contributed by atoms with Gasteiger partial charge in [-0.05, 0) is 6.07 Å². The molecule has 0 fully saturated rings. The van der Waals surface area contributed by atoms with E-state index in [1.165, 1.54) is 7.11 Å². The molecule has 1 aromatic carbocycles. The van der Waals surface area contributed by atoms with Gasteiger partial charge in [-0.3, -0.25) is 4.79 Å². The van der Waals surface area contributed by atoms with Gasteiger partial charge in [-0.2, -0.15) is 0 Å². The van der Waals surface area contributed by atoms with Gasteiger partial charge in [0, 0.05) is 18.2 Å². The van der Waals surface area contributed by atoms with Crippen molar-refractivity contribution < 1.29 is 27.8 Å². The lowest BCUT2D eigenvalue weighted by Crippen LogP contribution is -2.31. The predicted molar refractivity (Wildman–Crippen MR) is 56.8 cm³/mol. The largest absolute Gasteiger partial charge is 0.494 e. The molecule has 0 atom stereocenters. The Balaban J connectivity index is 2.77. The van der Waals surface area contributed by atoms with Crippen molar-refractivity contribution in [2.24, 2.45) is 0 Å². The van der Waals surface area contributed by atoms with Crippen LogP contribution in [0.5, 0.6) is 5.75 Å². The van der Waals surface area contributed by atoms with E-state index in [1.807, 2.05) is 0 Å². The summed E-state index contributed by atoms with van der Waals surface area (Å²) in [7, 11) is 2.24. The fraction of sp³-hybridized carbons (Fsp3) is 0.273. The van der Waals surface area contributed by atoms with E-state index in [4.69, 9.17) is 0 Å². The number of halogens is 2. The van der Waals surface area contributed by atoms with Gasteiger partial charge in [0.2, 0.25) is 0 Å². The minimum Gasteiger partial charge on any atom is -0.494 e. The van der Waals surface area contributed by atoms with E-state index < -0.39 is 23.5 Å². The number of nitrogens with one attached hydrogen (secondary N) is 1. The van der Waals surface area contributed by atoms with Gasteiger partial charge in [-0.25, -0.2) is 13.6 Å². The van der Waals surface area contributed by atoms with E-state index in [9.17, 15) is 18.4 Å². The van der Waals surface area contributed by atoms with Crippen LogP contribution in [-0.2, 0) is 20.9 Å². The first kappa shape index (κ1) is 13.9. The van der Waals surface area contributed by atoms with Gasteiger partial charge < -0.3 is 14.8 Å². The molecule has 1 amide bonds. The molecule has 1 N–H and O–H groups in total. The molecule has 0 aliphatic heterocycles. The summed E-state index contributed by atoms with van der Waals surface area (Å²) in [6, 6.07) is 1.74. The third kappa shape index (κ3) is 3.16. The lowest BCUT2D eigenvalue weighted by molar-refractivity contribution is -0.152. The van der Waals surface area contributed by atoms with E-state index in [-0.39, 0.29) is 17.9 Å². The quantitative estimate of drug-likeness (QED) is 0.643. The van der Waals surface area contributed by atoms with E-state index >= 15 is 0 Å². The second-order valence-electron chi connectivity index (χ2n) is 3.25. The number of amides is 1. The molecule has 1 rings (SSSR count). The molecule has 18 heavy (non-hydrogen) atoms. The number of esters is 1. The van der Waals surface area contributed by atoms with E-state index in [0.717, 1.165) is 19.2 Å². The first-order valence-corrected chi connectivity index (χ1v) is 4.87. The van der Waals surface area contributed by atoms with Crippen molar-refractivity contribution in [2.75, 3.05) is 14.2 Å². The zero-order valence-corrected chi connectivity index (χ0v) is 9.75. The maximum atomic E-state index is 13.4. The molecule has 98 valence electrons. The third-order valence-corrected chi connectivity index (χ3v) is 2.13. The summed E-state index contributed by atoms with van der Waals surface area (Å²) in [5, 5.41) is 2.09. The van der Waals surface area contributed by atoms with E-state index in [2.05, 4.69) is 14.8 Å². The predicted octanol–water partition coefficient (Wildman–Crippen LogP) is 0.763. The van der Waals surface area contributed by atoms with Crippen LogP contribution in [0.1, 0.15) is 5.56 Å². The molecular formula is C11H11F2NO4. The molecule has 0 unspecified atom stereocenters. The Labute approximate surface area is 102 Å². The van der Waals surface area contributed by atoms with Gasteiger partial charge in [-0.1, -0.05) is 0 Å². The fourth-order valence-corrected chi connectivity index (χ4v) is 1.20. The molecule has 7 heteroatoms. The first-order valence-electron chi connectivity index (χ1n) is 4.87. The Bertz CT molecular complexity index is 476. The van der Waals surface area contributed by atoms with Crippen LogP contribution < -0.4 is 10.1 Å². The monoisotopic (exact) mass is 259 g/mol. The van der Waals surface area contributed by atoms with Crippen LogP contribution in [0, 0.1) is 11.6 Å². The highest BCUT2D eigenvalue weighted by molar-refractivity contribution is 6.32. The molecule has 1 aromatic rings. The highest BCUT2D eigenvalue weighted by atomic mass is 19.1. The fourth-order valence-electron chi connectivity index (χ4n) is 1.20. The second-order valence-corrected chi connectivity index (χ2v) is 3.25. The number of methoxy groups -OCH3 is 2. The lowest BCUT2D eigenvalue weighted by Gasteiger charge is -2.08. The average molecular weight is 259 g/mol. The molecule has 0 aromatic heterocycles. The molecule has 0 radical (unpaired) electrons. The highest BCUT2D eigenvalue weighted by Gasteiger charge is 2.15. The smallest absolute Gasteiger partial charge is 0.396 e. The number of hydrogen-bond acceptors (Lipinski definition) is 4. The second kappa shape index (κ2) is 5.95. The van der Waals surface area contributed by atoms with E-state index in [1.54, 1.807) is 0 Å². The van der Waals surface area contributed by atoms with Crippen molar-refractivity contribution in [3.63, 3.8) is 0 Å². The Kier molecular flexibility index (Phi) is 4.59. The van der Waals surface area contributed by atoms with Gasteiger partial charge in [0.25, 0.3) is 0 Å². The molecule has 0 heterocycles. The van der Waals surface area contributed by atoms with Crippen molar-refractivity contribution in [1.82, 2.24) is 5.32 Å². The summed E-state index contributed by atoms with van der Waals surface area (Å²) in [6.07, 6.45) is 0. The van der Waals surface area contributed by atoms with Gasteiger partial charge >= 0.3 is 11.9 Å². The third-order valence-electron chi connectivity index (χ3n) is 2.13. The number of ether oxygens (including phenoxy) is 2. The highest BCUT2D eigenvalue weighted by Crippen LogP contribution is 2.21. The Morgan fingerprint density at radius 1 is 1.22 bits per heavy atom. The number of carbonyl (C=O) groups excluding carboxylic acids is 2. The molecule has 0 saturated heterocycles. The standard InChI is InChI=1S/C11H11F2NO4/c1-17-9-4-7(12)6(3-8(9)13)5-14-10(15)11(16)18-2/h3-4H,5H2,1-2H3,(H,14,15). The molecule has 0 aliphatic rings. The Morgan fingerprint density at radius 2 is 1.89 bits per heavy atom. The van der Waals surface area contributed by atoms with Crippen LogP contribution in [0.3, 0.4) is 0 Å². The SMILES string of the molecule is COC(=O)C(=O)NCc1cc(F)c(OC)cc1F. The summed E-state index contributed by atoms with van der Waals surface area (Å²) in [6.45, 7) is -0.333. The number of benzene rings is 1. The van der Waals surface area contributed by atoms with Crippen molar-refractivity contribution in [2.45, 2.75) is 6.54 Å². The van der Waals surface area contributed by atoms with Crippen molar-refractivity contribution >= 4 is 11.9 Å². The summed E-state index contributed by atoms with van der Waals surface area (Å²) in [5.74, 6) is -3.90. The Hall–Kier alpha value is -2.18. The zero-order chi connectivity index (χ0) is 13.7. The minimum absolute atomic E-state index is 0.106. The van der Waals surface area contributed by atoms with Crippen LogP contribution in [0.25, 0.3) is 0 Å². The number of hydrogen-bond donors (Lipinski definition) is 1. The number of rotatable bonds is 3. The normalized spacial score (nSPS) is 9.78. The van der Waals surface area contributed by atoms with Gasteiger partial charge in [0.15, 0.2) is 11.6 Å². The van der Waals surface area contributed by atoms with Crippen LogP contribution in [0.15, 0.2) is 12.1 Å². The summed E-state index contributed by atoms with van der Waals surface area (Å²) in [4.78, 5) is 21.8. The topological polar surface area (TPSA) is 64.6 Å². The molecule has 0 aliphatic carbocycles. The van der Waals surface area contributed by atoms with Crippen LogP contribution >= 0.6 is 0 Å². The Morgan fingerprint density at radius 3 is 2.44 bits per heavy atom. The van der Waals surface area contributed by atoms with Crippen LogP contribution in [-0.4, -0.2) is 26.1 Å². The van der Waals surface area contributed by atoms with Crippen molar-refractivity contribution in [3.8, 4) is 5.75 Å².